The Labute approximate surface area is 452 Å². The van der Waals surface area contributed by atoms with E-state index in [9.17, 15) is 45.6 Å². The normalized spacial score (nSPS) is 25.8. The highest BCUT2D eigenvalue weighted by Crippen LogP contribution is 2.30. The molecule has 0 saturated carbocycles. The van der Waals surface area contributed by atoms with Gasteiger partial charge in [-0.2, -0.15) is 0 Å². The molecule has 430 valence electrons. The van der Waals surface area contributed by atoms with Gasteiger partial charge in [0.25, 0.3) is 0 Å². The number of ether oxygens (including phenoxy) is 4. The van der Waals surface area contributed by atoms with Gasteiger partial charge in [-0.3, -0.25) is 4.79 Å². The molecule has 12 atom stereocenters. The molecular weight excluding hydrogens is 955 g/mol. The number of carbonyl (C=O) groups excluding carboxylic acids is 1. The molecule has 0 aromatic heterocycles. The standard InChI is InChI=1S/C61H103NO13/c1-3-5-7-9-11-13-14-15-16-17-18-19-20-21-22-23-24-25-26-27-28-29-30-31-32-33-34-35-36-37-39-41-43-45-53(66)62-49(50(65)44-42-40-38-12-10-8-6-4-2)48-72-60-58(71)56(69)59(52(47-64)74-60)75-61-57(70)55(68)54(67)51(46-63)73-61/h5,7,11,13,15-16,18-19,21-22,24-25,27-28,42,44,49-52,54-61,63-65,67-71H,3-4,6,8-10,12,14,17,20,23,26,29-41,43,45-48H2,1-2H3,(H,62,66)/b7-5-,13-11-,16-15-,19-18-,22-21-,25-24-,28-27-,44-42+. The number of amides is 1. The summed E-state index contributed by atoms with van der Waals surface area (Å²) >= 11 is 0. The van der Waals surface area contributed by atoms with Crippen LogP contribution in [0.15, 0.2) is 97.2 Å². The highest BCUT2D eigenvalue weighted by molar-refractivity contribution is 5.76. The maximum atomic E-state index is 13.2. The third kappa shape index (κ3) is 31.8. The van der Waals surface area contributed by atoms with Gasteiger partial charge in [-0.15, -0.1) is 0 Å². The molecule has 1 amide bonds. The molecule has 0 aromatic carbocycles. The van der Waals surface area contributed by atoms with Gasteiger partial charge >= 0.3 is 0 Å². The lowest BCUT2D eigenvalue weighted by Crippen LogP contribution is -2.65. The first-order valence-electron chi connectivity index (χ1n) is 29.0. The first-order valence-corrected chi connectivity index (χ1v) is 29.0. The van der Waals surface area contributed by atoms with Crippen LogP contribution in [0.4, 0.5) is 0 Å². The minimum Gasteiger partial charge on any atom is -0.394 e. The minimum atomic E-state index is -1.79. The molecule has 0 bridgehead atoms. The van der Waals surface area contributed by atoms with Gasteiger partial charge < -0.3 is 65.1 Å². The summed E-state index contributed by atoms with van der Waals surface area (Å²) in [6, 6.07) is -0.919. The van der Waals surface area contributed by atoms with Crippen molar-refractivity contribution in [3.63, 3.8) is 0 Å². The van der Waals surface area contributed by atoms with Crippen LogP contribution < -0.4 is 5.32 Å². The van der Waals surface area contributed by atoms with Gasteiger partial charge in [-0.05, 0) is 77.0 Å². The molecule has 14 nitrogen and oxygen atoms in total. The first-order chi connectivity index (χ1) is 36.6. The lowest BCUT2D eigenvalue weighted by Gasteiger charge is -2.46. The largest absolute Gasteiger partial charge is 0.394 e. The summed E-state index contributed by atoms with van der Waals surface area (Å²) in [7, 11) is 0. The summed E-state index contributed by atoms with van der Waals surface area (Å²) in [6.45, 7) is 2.60. The third-order valence-corrected chi connectivity index (χ3v) is 13.5. The number of nitrogens with one attached hydrogen (secondary N) is 1. The number of allylic oxidation sites excluding steroid dienone is 15. The van der Waals surface area contributed by atoms with Crippen molar-refractivity contribution in [2.24, 2.45) is 0 Å². The summed E-state index contributed by atoms with van der Waals surface area (Å²) in [5.41, 5.74) is 0. The van der Waals surface area contributed by atoms with E-state index in [4.69, 9.17) is 18.9 Å². The molecule has 12 unspecified atom stereocenters. The van der Waals surface area contributed by atoms with Gasteiger partial charge in [0, 0.05) is 6.42 Å². The predicted molar refractivity (Wildman–Crippen MR) is 299 cm³/mol. The highest BCUT2D eigenvalue weighted by atomic mass is 16.7. The van der Waals surface area contributed by atoms with Crippen molar-refractivity contribution in [1.82, 2.24) is 5.32 Å². The molecule has 2 aliphatic heterocycles. The molecule has 2 saturated heterocycles. The summed E-state index contributed by atoms with van der Waals surface area (Å²) in [6.07, 6.45) is 46.2. The van der Waals surface area contributed by atoms with Gasteiger partial charge in [0.2, 0.25) is 5.91 Å². The van der Waals surface area contributed by atoms with E-state index in [0.29, 0.717) is 6.42 Å². The fourth-order valence-corrected chi connectivity index (χ4v) is 8.86. The van der Waals surface area contributed by atoms with E-state index in [1.165, 1.54) is 64.2 Å². The van der Waals surface area contributed by atoms with Crippen molar-refractivity contribution in [3.05, 3.63) is 97.2 Å². The van der Waals surface area contributed by atoms with Gasteiger partial charge in [-0.1, -0.05) is 201 Å². The van der Waals surface area contributed by atoms with Crippen LogP contribution in [-0.2, 0) is 23.7 Å². The van der Waals surface area contributed by atoms with Crippen molar-refractivity contribution < 1.29 is 64.6 Å². The van der Waals surface area contributed by atoms with Crippen LogP contribution in [-0.4, -0.2) is 140 Å². The summed E-state index contributed by atoms with van der Waals surface area (Å²) in [5.74, 6) is -0.251. The molecular formula is C61H103NO13. The number of aliphatic hydroxyl groups is 8. The van der Waals surface area contributed by atoms with Crippen LogP contribution in [0.1, 0.15) is 187 Å². The topological polar surface area (TPSA) is 228 Å². The molecule has 0 spiro atoms. The van der Waals surface area contributed by atoms with Gasteiger partial charge in [0.1, 0.15) is 48.8 Å². The van der Waals surface area contributed by atoms with E-state index < -0.39 is 86.8 Å². The van der Waals surface area contributed by atoms with Crippen molar-refractivity contribution in [1.29, 1.82) is 0 Å². The van der Waals surface area contributed by atoms with Crippen LogP contribution in [0.3, 0.4) is 0 Å². The van der Waals surface area contributed by atoms with Gasteiger partial charge in [-0.25, -0.2) is 0 Å². The SMILES string of the molecule is CC/C=C\C/C=C\C/C=C\C/C=C\C/C=C\C/C=C\C/C=C\CCCCCCCCCCCCCC(=O)NC(COC1OC(CO)C(OC2OC(CO)C(O)C(O)C2O)C(O)C1O)C(O)/C=C/CCCCCCCC. The Balaban J connectivity index is 1.63. The van der Waals surface area contributed by atoms with E-state index in [1.807, 2.05) is 6.08 Å². The minimum absolute atomic E-state index is 0.251. The molecule has 75 heavy (non-hydrogen) atoms. The monoisotopic (exact) mass is 1060 g/mol. The van der Waals surface area contributed by atoms with Crippen molar-refractivity contribution in [3.8, 4) is 0 Å². The number of hydrogen-bond acceptors (Lipinski definition) is 13. The van der Waals surface area contributed by atoms with Crippen LogP contribution in [0.5, 0.6) is 0 Å². The number of hydrogen-bond donors (Lipinski definition) is 9. The Morgan fingerprint density at radius 3 is 1.41 bits per heavy atom. The summed E-state index contributed by atoms with van der Waals surface area (Å²) in [5, 5.41) is 86.7. The average Bonchev–Trinajstić information content (AvgIpc) is 3.41. The molecule has 0 aromatic rings. The molecule has 2 heterocycles. The maximum absolute atomic E-state index is 13.2. The zero-order valence-corrected chi connectivity index (χ0v) is 46.0. The Kier molecular flexibility index (Phi) is 41.6. The second kappa shape index (κ2) is 45.9. The molecule has 14 heteroatoms. The molecule has 2 fully saturated rings. The van der Waals surface area contributed by atoms with E-state index in [2.05, 4.69) is 104 Å². The van der Waals surface area contributed by atoms with E-state index in [-0.39, 0.29) is 18.9 Å². The van der Waals surface area contributed by atoms with Crippen LogP contribution >= 0.6 is 0 Å². The summed E-state index contributed by atoms with van der Waals surface area (Å²) in [4.78, 5) is 13.2. The lowest BCUT2D eigenvalue weighted by molar-refractivity contribution is -0.359. The summed E-state index contributed by atoms with van der Waals surface area (Å²) < 4.78 is 22.7. The molecule has 2 rings (SSSR count). The highest BCUT2D eigenvalue weighted by Gasteiger charge is 2.51. The third-order valence-electron chi connectivity index (χ3n) is 13.5. The van der Waals surface area contributed by atoms with Crippen molar-refractivity contribution in [2.45, 2.75) is 261 Å². The van der Waals surface area contributed by atoms with Crippen LogP contribution in [0.2, 0.25) is 0 Å². The Morgan fingerprint density at radius 1 is 0.493 bits per heavy atom. The zero-order valence-electron chi connectivity index (χ0n) is 46.0. The maximum Gasteiger partial charge on any atom is 0.220 e. The Hall–Kier alpha value is -3.09. The Morgan fingerprint density at radius 2 is 0.920 bits per heavy atom. The predicted octanol–water partition coefficient (Wildman–Crippen LogP) is 9.49. The number of carbonyl (C=O) groups is 1. The van der Waals surface area contributed by atoms with Crippen molar-refractivity contribution in [2.75, 3.05) is 19.8 Å². The van der Waals surface area contributed by atoms with Gasteiger partial charge in [0.05, 0.1) is 32.0 Å². The van der Waals surface area contributed by atoms with E-state index in [1.54, 1.807) is 6.08 Å². The fraction of sp³-hybridized carbons (Fsp3) is 0.721. The second-order valence-electron chi connectivity index (χ2n) is 20.0. The quantitative estimate of drug-likeness (QED) is 0.0205. The molecule has 0 radical (unpaired) electrons. The second-order valence-corrected chi connectivity index (χ2v) is 20.0. The smallest absolute Gasteiger partial charge is 0.220 e. The average molecular weight is 1060 g/mol. The lowest BCUT2D eigenvalue weighted by atomic mass is 9.97. The van der Waals surface area contributed by atoms with Crippen molar-refractivity contribution >= 4 is 5.91 Å². The first kappa shape index (κ1) is 68.0. The van der Waals surface area contributed by atoms with Gasteiger partial charge in [0.15, 0.2) is 12.6 Å². The number of aliphatic hydroxyl groups excluding tert-OH is 8. The van der Waals surface area contributed by atoms with Crippen LogP contribution in [0.25, 0.3) is 0 Å². The molecule has 0 aliphatic carbocycles. The zero-order chi connectivity index (χ0) is 54.6. The number of unbranched alkanes of at least 4 members (excludes halogenated alkanes) is 17. The molecule has 9 N–H and O–H groups in total. The van der Waals surface area contributed by atoms with E-state index >= 15 is 0 Å². The number of rotatable bonds is 44. The fourth-order valence-electron chi connectivity index (χ4n) is 8.86. The van der Waals surface area contributed by atoms with Crippen LogP contribution in [0, 0.1) is 0 Å². The Bertz CT molecular complexity index is 1620. The van der Waals surface area contributed by atoms with E-state index in [0.717, 1.165) is 96.3 Å². The molecule has 2 aliphatic rings.